The molecule has 0 aliphatic carbocycles. The van der Waals surface area contributed by atoms with E-state index in [1.165, 1.54) is 22.9 Å². The number of nitrogens with zero attached hydrogens (tertiary/aromatic N) is 6. The average molecular weight is 355 g/mol. The number of fused-ring (bicyclic) bond motifs is 1. The first-order chi connectivity index (χ1) is 12.4. The van der Waals surface area contributed by atoms with Crippen LogP contribution in [-0.2, 0) is 6.54 Å². The molecule has 0 unspecified atom stereocenters. The third-order valence-electron chi connectivity index (χ3n) is 4.07. The Bertz CT molecular complexity index is 1110. The van der Waals surface area contributed by atoms with Crippen molar-refractivity contribution in [1.29, 1.82) is 0 Å². The number of aryl methyl sites for hydroxylation is 2. The van der Waals surface area contributed by atoms with Crippen LogP contribution in [0.25, 0.3) is 16.9 Å². The van der Waals surface area contributed by atoms with E-state index in [9.17, 15) is 8.78 Å². The van der Waals surface area contributed by atoms with E-state index in [1.54, 1.807) is 17.8 Å². The molecule has 0 saturated heterocycles. The molecule has 4 aromatic rings. The average Bonchev–Trinajstić information content (AvgIpc) is 3.14. The highest BCUT2D eigenvalue weighted by Crippen LogP contribution is 2.25. The molecule has 4 rings (SSSR count). The van der Waals surface area contributed by atoms with E-state index in [2.05, 4.69) is 20.2 Å². The fraction of sp³-hybridized carbons (Fsp3) is 0.176. The Morgan fingerprint density at radius 3 is 2.42 bits per heavy atom. The molecule has 0 spiro atoms. The summed E-state index contributed by atoms with van der Waals surface area (Å²) >= 11 is 0. The molecule has 3 aromatic heterocycles. The van der Waals surface area contributed by atoms with Crippen LogP contribution in [0.4, 0.5) is 14.7 Å². The molecule has 2 N–H and O–H groups in total. The van der Waals surface area contributed by atoms with E-state index < -0.39 is 11.6 Å². The third kappa shape index (κ3) is 2.57. The summed E-state index contributed by atoms with van der Waals surface area (Å²) in [5.41, 5.74) is 7.57. The minimum atomic E-state index is -0.642. The van der Waals surface area contributed by atoms with Gasteiger partial charge in [0.25, 0.3) is 0 Å². The van der Waals surface area contributed by atoms with E-state index in [0.29, 0.717) is 22.5 Å². The van der Waals surface area contributed by atoms with Crippen LogP contribution in [0, 0.1) is 25.5 Å². The fourth-order valence-electron chi connectivity index (χ4n) is 2.88. The van der Waals surface area contributed by atoms with Crippen LogP contribution in [0.3, 0.4) is 0 Å². The number of nitrogen functional groups attached to an aromatic ring is 1. The standard InChI is InChI=1S/C17H15F2N7/c1-9-6-7-25(23-9)15-14-10(2)24-26(16(14)22-17(20)21-15)8-11-12(18)4-3-5-13(11)19/h3-7H,8H2,1-2H3,(H2,20,21,22). The largest absolute Gasteiger partial charge is 0.368 e. The van der Waals surface area contributed by atoms with Crippen molar-refractivity contribution in [3.63, 3.8) is 0 Å². The second-order valence-corrected chi connectivity index (χ2v) is 5.95. The van der Waals surface area contributed by atoms with E-state index in [0.717, 1.165) is 5.69 Å². The van der Waals surface area contributed by atoms with Crippen molar-refractivity contribution in [1.82, 2.24) is 29.5 Å². The van der Waals surface area contributed by atoms with Gasteiger partial charge in [-0.2, -0.15) is 20.2 Å². The van der Waals surface area contributed by atoms with Gasteiger partial charge in [-0.25, -0.2) is 18.1 Å². The first-order valence-electron chi connectivity index (χ1n) is 7.90. The Labute approximate surface area is 147 Å². The van der Waals surface area contributed by atoms with Crippen LogP contribution in [0.15, 0.2) is 30.5 Å². The zero-order valence-electron chi connectivity index (χ0n) is 14.1. The van der Waals surface area contributed by atoms with E-state index in [4.69, 9.17) is 5.73 Å². The van der Waals surface area contributed by atoms with Crippen molar-refractivity contribution in [2.45, 2.75) is 20.4 Å². The van der Waals surface area contributed by atoms with Crippen molar-refractivity contribution in [2.24, 2.45) is 0 Å². The van der Waals surface area contributed by atoms with Gasteiger partial charge in [0.1, 0.15) is 11.6 Å². The predicted octanol–water partition coefficient (Wildman–Crippen LogP) is 2.54. The molecule has 0 atom stereocenters. The number of halogens is 2. The lowest BCUT2D eigenvalue weighted by Gasteiger charge is -2.07. The molecule has 0 amide bonds. The Hall–Kier alpha value is -3.36. The molecule has 0 fully saturated rings. The SMILES string of the molecule is Cc1ccn(-c2nc(N)nc3c2c(C)nn3Cc2c(F)cccc2F)n1. The Kier molecular flexibility index (Phi) is 3.64. The van der Waals surface area contributed by atoms with Crippen LogP contribution in [0.1, 0.15) is 17.0 Å². The van der Waals surface area contributed by atoms with Gasteiger partial charge < -0.3 is 5.73 Å². The topological polar surface area (TPSA) is 87.4 Å². The van der Waals surface area contributed by atoms with Gasteiger partial charge in [0.15, 0.2) is 11.5 Å². The number of hydrogen-bond acceptors (Lipinski definition) is 5. The van der Waals surface area contributed by atoms with Gasteiger partial charge in [-0.15, -0.1) is 0 Å². The Morgan fingerprint density at radius 1 is 1.04 bits per heavy atom. The first kappa shape index (κ1) is 16.1. The van der Waals surface area contributed by atoms with Gasteiger partial charge in [0.05, 0.1) is 23.3 Å². The van der Waals surface area contributed by atoms with Crippen molar-refractivity contribution in [3.05, 3.63) is 59.0 Å². The molecule has 1 aromatic carbocycles. The maximum absolute atomic E-state index is 14.0. The second kappa shape index (κ2) is 5.87. The minimum absolute atomic E-state index is 0.0239. The van der Waals surface area contributed by atoms with Crippen molar-refractivity contribution in [2.75, 3.05) is 5.73 Å². The van der Waals surface area contributed by atoms with E-state index >= 15 is 0 Å². The van der Waals surface area contributed by atoms with Gasteiger partial charge in [-0.1, -0.05) is 6.07 Å². The highest BCUT2D eigenvalue weighted by Gasteiger charge is 2.19. The third-order valence-corrected chi connectivity index (χ3v) is 4.07. The summed E-state index contributed by atoms with van der Waals surface area (Å²) in [5, 5.41) is 9.36. The van der Waals surface area contributed by atoms with E-state index in [-0.39, 0.29) is 18.1 Å². The lowest BCUT2D eigenvalue weighted by atomic mass is 10.2. The van der Waals surface area contributed by atoms with Gasteiger partial charge >= 0.3 is 0 Å². The number of rotatable bonds is 3. The van der Waals surface area contributed by atoms with Gasteiger partial charge in [-0.05, 0) is 32.0 Å². The molecule has 3 heterocycles. The van der Waals surface area contributed by atoms with Crippen LogP contribution >= 0.6 is 0 Å². The first-order valence-corrected chi connectivity index (χ1v) is 7.90. The number of anilines is 1. The summed E-state index contributed by atoms with van der Waals surface area (Å²) in [4.78, 5) is 8.49. The fourth-order valence-corrected chi connectivity index (χ4v) is 2.88. The molecular formula is C17H15F2N7. The Balaban J connectivity index is 1.92. The number of hydrogen-bond donors (Lipinski definition) is 1. The summed E-state index contributed by atoms with van der Waals surface area (Å²) in [6, 6.07) is 5.56. The van der Waals surface area contributed by atoms with Gasteiger partial charge in [0.2, 0.25) is 5.95 Å². The van der Waals surface area contributed by atoms with Crippen molar-refractivity contribution in [3.8, 4) is 5.82 Å². The van der Waals surface area contributed by atoms with Gasteiger partial charge in [-0.3, -0.25) is 0 Å². The molecule has 0 radical (unpaired) electrons. The van der Waals surface area contributed by atoms with E-state index in [1.807, 2.05) is 13.0 Å². The second-order valence-electron chi connectivity index (χ2n) is 5.95. The maximum Gasteiger partial charge on any atom is 0.224 e. The molecule has 0 bridgehead atoms. The van der Waals surface area contributed by atoms with Crippen molar-refractivity contribution < 1.29 is 8.78 Å². The smallest absolute Gasteiger partial charge is 0.224 e. The monoisotopic (exact) mass is 355 g/mol. The summed E-state index contributed by atoms with van der Waals surface area (Å²) in [6.45, 7) is 3.52. The normalized spacial score (nSPS) is 11.4. The molecule has 0 saturated carbocycles. The van der Waals surface area contributed by atoms with Crippen LogP contribution in [-0.4, -0.2) is 29.5 Å². The molecule has 132 valence electrons. The van der Waals surface area contributed by atoms with Crippen LogP contribution in [0.5, 0.6) is 0 Å². The lowest BCUT2D eigenvalue weighted by Crippen LogP contribution is -2.09. The van der Waals surface area contributed by atoms with Crippen LogP contribution < -0.4 is 5.73 Å². The molecule has 9 heteroatoms. The minimum Gasteiger partial charge on any atom is -0.368 e. The summed E-state index contributed by atoms with van der Waals surface area (Å²) < 4.78 is 31.0. The quantitative estimate of drug-likeness (QED) is 0.610. The molecule has 7 nitrogen and oxygen atoms in total. The highest BCUT2D eigenvalue weighted by molar-refractivity contribution is 5.86. The number of aromatic nitrogens is 6. The predicted molar refractivity (Wildman–Crippen MR) is 91.8 cm³/mol. The molecule has 26 heavy (non-hydrogen) atoms. The highest BCUT2D eigenvalue weighted by atomic mass is 19.1. The maximum atomic E-state index is 14.0. The molecular weight excluding hydrogens is 340 g/mol. The number of nitrogens with two attached hydrogens (primary N) is 1. The van der Waals surface area contributed by atoms with Crippen molar-refractivity contribution >= 4 is 17.0 Å². The van der Waals surface area contributed by atoms with Crippen LogP contribution in [0.2, 0.25) is 0 Å². The lowest BCUT2D eigenvalue weighted by molar-refractivity contribution is 0.535. The summed E-state index contributed by atoms with van der Waals surface area (Å²) in [5.74, 6) is -0.790. The number of benzene rings is 1. The molecule has 0 aliphatic heterocycles. The van der Waals surface area contributed by atoms with Gasteiger partial charge in [0, 0.05) is 11.8 Å². The summed E-state index contributed by atoms with van der Waals surface area (Å²) in [6.07, 6.45) is 1.75. The zero-order valence-corrected chi connectivity index (χ0v) is 14.1. The molecule has 0 aliphatic rings. The zero-order chi connectivity index (χ0) is 18.4. The summed E-state index contributed by atoms with van der Waals surface area (Å²) in [7, 11) is 0. The Morgan fingerprint density at radius 2 is 1.77 bits per heavy atom.